The molecule has 0 radical (unpaired) electrons. The van der Waals surface area contributed by atoms with Crippen LogP contribution in [0.5, 0.6) is 11.5 Å². The number of halogens is 6. The van der Waals surface area contributed by atoms with Gasteiger partial charge in [0.05, 0.1) is 16.2 Å². The van der Waals surface area contributed by atoms with Crippen LogP contribution in [-0.4, -0.2) is 41.1 Å². The fourth-order valence-electron chi connectivity index (χ4n) is 4.16. The van der Waals surface area contributed by atoms with Gasteiger partial charge in [-0.3, -0.25) is 9.59 Å². The lowest BCUT2D eigenvalue weighted by atomic mass is 9.64. The van der Waals surface area contributed by atoms with E-state index in [0.717, 1.165) is 18.3 Å². The van der Waals surface area contributed by atoms with Crippen molar-refractivity contribution in [3.8, 4) is 11.5 Å². The Balaban J connectivity index is 1.43. The van der Waals surface area contributed by atoms with Gasteiger partial charge in [-0.05, 0) is 38.8 Å². The maximum Gasteiger partial charge on any atom is 0.434 e. The minimum atomic E-state index is -4.70. The molecule has 1 saturated carbocycles. The topological polar surface area (TPSA) is 89.6 Å². The Bertz CT molecular complexity index is 1120. The van der Waals surface area contributed by atoms with Gasteiger partial charge in [0.15, 0.2) is 18.9 Å². The quantitative estimate of drug-likeness (QED) is 0.482. The van der Waals surface area contributed by atoms with Gasteiger partial charge < -0.3 is 20.1 Å². The molecule has 0 spiro atoms. The monoisotopic (exact) mass is 537 g/mol. The van der Waals surface area contributed by atoms with Crippen molar-refractivity contribution in [3.63, 3.8) is 0 Å². The molecule has 1 aliphatic carbocycles. The van der Waals surface area contributed by atoms with Crippen molar-refractivity contribution in [3.05, 3.63) is 52.0 Å². The van der Waals surface area contributed by atoms with E-state index in [4.69, 9.17) is 32.7 Å². The molecule has 1 aromatic heterocycles. The van der Waals surface area contributed by atoms with Gasteiger partial charge in [0.1, 0.15) is 17.3 Å². The van der Waals surface area contributed by atoms with Gasteiger partial charge in [-0.25, -0.2) is 9.37 Å². The standard InChI is InChI=1S/C22H21Cl2F4N3O4/c1-20(30-17(32)8-34-12-3-4-14(23)16(25)6-12)10-21(2,11-20)31-18(33)9-35-13-5-15(24)19(29-7-13)22(26,27)28/h3-7H,8-11H2,1-2H3,(H,30,32)(H,31,33). The van der Waals surface area contributed by atoms with Crippen molar-refractivity contribution in [1.29, 1.82) is 0 Å². The van der Waals surface area contributed by atoms with Crippen molar-refractivity contribution < 1.29 is 36.6 Å². The summed E-state index contributed by atoms with van der Waals surface area (Å²) < 4.78 is 62.0. The van der Waals surface area contributed by atoms with Gasteiger partial charge in [0, 0.05) is 23.2 Å². The molecule has 3 rings (SSSR count). The van der Waals surface area contributed by atoms with E-state index in [2.05, 4.69) is 15.6 Å². The smallest absolute Gasteiger partial charge is 0.434 e. The molecule has 0 unspecified atom stereocenters. The second-order valence-corrected chi connectivity index (χ2v) is 9.54. The molecule has 2 amide bonds. The second kappa shape index (κ2) is 10.1. The molecule has 0 bridgehead atoms. The Morgan fingerprint density at radius 1 is 0.971 bits per heavy atom. The van der Waals surface area contributed by atoms with Crippen LogP contribution in [0.25, 0.3) is 0 Å². The third-order valence-electron chi connectivity index (χ3n) is 5.16. The van der Waals surface area contributed by atoms with E-state index in [1.807, 2.05) is 0 Å². The zero-order valence-corrected chi connectivity index (χ0v) is 20.1. The zero-order valence-electron chi connectivity index (χ0n) is 18.6. The van der Waals surface area contributed by atoms with Gasteiger partial charge in [-0.1, -0.05) is 23.2 Å². The summed E-state index contributed by atoms with van der Waals surface area (Å²) in [5.74, 6) is -1.53. The molecule has 0 saturated heterocycles. The maximum atomic E-state index is 13.5. The van der Waals surface area contributed by atoms with E-state index in [0.29, 0.717) is 12.8 Å². The average molecular weight is 538 g/mol. The summed E-state index contributed by atoms with van der Waals surface area (Å²) >= 11 is 11.2. The number of hydrogen-bond acceptors (Lipinski definition) is 5. The van der Waals surface area contributed by atoms with Crippen LogP contribution in [0.4, 0.5) is 17.6 Å². The first kappa shape index (κ1) is 26.8. The van der Waals surface area contributed by atoms with Crippen molar-refractivity contribution in [2.75, 3.05) is 13.2 Å². The molecule has 1 aliphatic rings. The largest absolute Gasteiger partial charge is 0.484 e. The van der Waals surface area contributed by atoms with Crippen LogP contribution in [0, 0.1) is 5.82 Å². The number of benzene rings is 1. The first-order valence-corrected chi connectivity index (χ1v) is 11.0. The Morgan fingerprint density at radius 2 is 1.51 bits per heavy atom. The van der Waals surface area contributed by atoms with Crippen molar-refractivity contribution in [2.24, 2.45) is 0 Å². The van der Waals surface area contributed by atoms with Crippen molar-refractivity contribution >= 4 is 35.0 Å². The molecule has 1 heterocycles. The van der Waals surface area contributed by atoms with Gasteiger partial charge in [0.2, 0.25) is 0 Å². The summed E-state index contributed by atoms with van der Waals surface area (Å²) in [7, 11) is 0. The number of pyridine rings is 1. The summed E-state index contributed by atoms with van der Waals surface area (Å²) in [5.41, 5.74) is -2.50. The number of carbonyl (C=O) groups is 2. The number of carbonyl (C=O) groups excluding carboxylic acids is 2. The van der Waals surface area contributed by atoms with E-state index in [-0.39, 0.29) is 23.1 Å². The lowest BCUT2D eigenvalue weighted by molar-refractivity contribution is -0.141. The van der Waals surface area contributed by atoms with Crippen LogP contribution in [0.2, 0.25) is 10.0 Å². The molecule has 2 aromatic rings. The van der Waals surface area contributed by atoms with Crippen LogP contribution in [-0.2, 0) is 15.8 Å². The molecule has 35 heavy (non-hydrogen) atoms. The summed E-state index contributed by atoms with van der Waals surface area (Å²) in [4.78, 5) is 27.7. The van der Waals surface area contributed by atoms with Gasteiger partial charge >= 0.3 is 6.18 Å². The lowest BCUT2D eigenvalue weighted by Crippen LogP contribution is -2.69. The molecule has 7 nitrogen and oxygen atoms in total. The first-order valence-electron chi connectivity index (χ1n) is 10.2. The van der Waals surface area contributed by atoms with Crippen LogP contribution < -0.4 is 20.1 Å². The fraction of sp³-hybridized carbons (Fsp3) is 0.409. The minimum Gasteiger partial charge on any atom is -0.484 e. The highest BCUT2D eigenvalue weighted by Crippen LogP contribution is 2.41. The van der Waals surface area contributed by atoms with E-state index < -0.39 is 52.2 Å². The Hall–Kier alpha value is -2.79. The number of hydrogen-bond donors (Lipinski definition) is 2. The first-order chi connectivity index (χ1) is 16.2. The minimum absolute atomic E-state index is 0.0599. The predicted molar refractivity (Wildman–Crippen MR) is 119 cm³/mol. The lowest BCUT2D eigenvalue weighted by Gasteiger charge is -2.53. The molecule has 0 atom stereocenters. The third-order valence-corrected chi connectivity index (χ3v) is 5.75. The molecule has 1 aromatic carbocycles. The Labute approximate surface area is 208 Å². The average Bonchev–Trinajstić information content (AvgIpc) is 2.71. The van der Waals surface area contributed by atoms with Gasteiger partial charge in [-0.15, -0.1) is 0 Å². The fourth-order valence-corrected chi connectivity index (χ4v) is 4.55. The number of nitrogens with zero attached hydrogens (tertiary/aromatic N) is 1. The molecule has 0 aliphatic heterocycles. The molecule has 190 valence electrons. The van der Waals surface area contributed by atoms with Gasteiger partial charge in [-0.2, -0.15) is 13.2 Å². The van der Waals surface area contributed by atoms with Crippen LogP contribution in [0.1, 0.15) is 32.4 Å². The number of amides is 2. The number of alkyl halides is 3. The van der Waals surface area contributed by atoms with Crippen LogP contribution in [0.3, 0.4) is 0 Å². The van der Waals surface area contributed by atoms with E-state index in [1.165, 1.54) is 12.1 Å². The van der Waals surface area contributed by atoms with E-state index in [1.54, 1.807) is 13.8 Å². The molecule has 13 heteroatoms. The highest BCUT2D eigenvalue weighted by Gasteiger charge is 2.50. The number of ether oxygens (including phenoxy) is 2. The highest BCUT2D eigenvalue weighted by atomic mass is 35.5. The molecule has 2 N–H and O–H groups in total. The Morgan fingerprint density at radius 3 is 2.00 bits per heavy atom. The summed E-state index contributed by atoms with van der Waals surface area (Å²) in [6, 6.07) is 4.76. The number of rotatable bonds is 8. The SMILES string of the molecule is CC1(NC(=O)COc2ccc(Cl)c(F)c2)CC(C)(NC(=O)COc2cnc(C(F)(F)F)c(Cl)c2)C1. The zero-order chi connectivity index (χ0) is 26.0. The summed E-state index contributed by atoms with van der Waals surface area (Å²) in [5, 5.41) is 4.89. The normalized spacial score (nSPS) is 21.6. The molecular formula is C22H21Cl2F4N3O4. The van der Waals surface area contributed by atoms with Crippen molar-refractivity contribution in [1.82, 2.24) is 15.6 Å². The Kier molecular flexibility index (Phi) is 7.71. The van der Waals surface area contributed by atoms with E-state index in [9.17, 15) is 27.2 Å². The van der Waals surface area contributed by atoms with E-state index >= 15 is 0 Å². The highest BCUT2D eigenvalue weighted by molar-refractivity contribution is 6.31. The number of aromatic nitrogens is 1. The van der Waals surface area contributed by atoms with Crippen molar-refractivity contribution in [2.45, 2.75) is 43.9 Å². The molecule has 1 fully saturated rings. The third kappa shape index (κ3) is 7.11. The summed E-state index contributed by atoms with van der Waals surface area (Å²) in [6.07, 6.45) is -3.06. The van der Waals surface area contributed by atoms with Gasteiger partial charge in [0.25, 0.3) is 11.8 Å². The number of nitrogens with one attached hydrogen (secondary N) is 2. The van der Waals surface area contributed by atoms with Crippen LogP contribution >= 0.6 is 23.2 Å². The predicted octanol–water partition coefficient (Wildman–Crippen LogP) is 4.55. The summed E-state index contributed by atoms with van der Waals surface area (Å²) in [6.45, 7) is 2.78. The molecular weight excluding hydrogens is 517 g/mol. The van der Waals surface area contributed by atoms with Crippen LogP contribution in [0.15, 0.2) is 30.5 Å². The maximum absolute atomic E-state index is 13.5. The second-order valence-electron chi connectivity index (χ2n) is 8.72.